The minimum atomic E-state index is -2.40. The number of benzene rings is 3. The third kappa shape index (κ3) is 6.29. The summed E-state index contributed by atoms with van der Waals surface area (Å²) in [5, 5.41) is 14.2. The lowest BCUT2D eigenvalue weighted by atomic mass is 9.70. The zero-order valence-electron chi connectivity index (χ0n) is 25.2. The Morgan fingerprint density at radius 1 is 1.02 bits per heavy atom. The smallest absolute Gasteiger partial charge is 0.338 e. The van der Waals surface area contributed by atoms with Crippen LogP contribution in [-0.2, 0) is 10.3 Å². The summed E-state index contributed by atoms with van der Waals surface area (Å²) in [5.41, 5.74) is 0.173. The zero-order valence-corrected chi connectivity index (χ0v) is 26.9. The molecule has 0 spiro atoms. The highest BCUT2D eigenvalue weighted by Gasteiger charge is 2.43. The molecule has 1 aromatic heterocycles. The Labute approximate surface area is 252 Å². The molecule has 0 fully saturated rings. The number of halogens is 3. The van der Waals surface area contributed by atoms with Crippen LogP contribution in [0.4, 0.5) is 8.78 Å². The van der Waals surface area contributed by atoms with Crippen LogP contribution in [-0.4, -0.2) is 29.7 Å². The molecule has 4 aromatic rings. The lowest BCUT2D eigenvalue weighted by Crippen LogP contribution is -2.42. The van der Waals surface area contributed by atoms with Gasteiger partial charge in [0.2, 0.25) is 0 Å². The lowest BCUT2D eigenvalue weighted by Gasteiger charge is -2.39. The van der Waals surface area contributed by atoms with Gasteiger partial charge in [-0.1, -0.05) is 68.9 Å². The van der Waals surface area contributed by atoms with Gasteiger partial charge in [0.25, 0.3) is 0 Å². The van der Waals surface area contributed by atoms with Gasteiger partial charge < -0.3 is 9.84 Å². The second-order valence-corrected chi connectivity index (χ2v) is 18.2. The molecule has 4 rings (SSSR count). The van der Waals surface area contributed by atoms with Gasteiger partial charge in [0.1, 0.15) is 11.2 Å². The predicted molar refractivity (Wildman–Crippen MR) is 168 cm³/mol. The number of aromatic nitrogens is 1. The van der Waals surface area contributed by atoms with Crippen molar-refractivity contribution < 1.29 is 23.4 Å². The van der Waals surface area contributed by atoms with Crippen molar-refractivity contribution in [2.75, 3.05) is 0 Å². The van der Waals surface area contributed by atoms with Gasteiger partial charge in [0.15, 0.2) is 11.6 Å². The number of rotatable bonds is 8. The molecule has 222 valence electrons. The van der Waals surface area contributed by atoms with Gasteiger partial charge >= 0.3 is 5.97 Å². The summed E-state index contributed by atoms with van der Waals surface area (Å²) in [7, 11) is -2.40. The monoisotopic (exact) mass is 609 g/mol. The van der Waals surface area contributed by atoms with E-state index < -0.39 is 42.8 Å². The zero-order chi connectivity index (χ0) is 31.0. The van der Waals surface area contributed by atoms with E-state index in [0.717, 1.165) is 18.1 Å². The summed E-state index contributed by atoms with van der Waals surface area (Å²) in [6, 6.07) is 16.8. The fourth-order valence-electron chi connectivity index (χ4n) is 5.59. The molecule has 0 aliphatic rings. The number of nitrogens with zero attached hydrogens (tertiary/aromatic N) is 1. The fourth-order valence-corrected chi connectivity index (χ4v) is 7.40. The first kappa shape index (κ1) is 31.8. The van der Waals surface area contributed by atoms with Crippen molar-refractivity contribution in [2.24, 2.45) is 0 Å². The summed E-state index contributed by atoms with van der Waals surface area (Å²) in [5.74, 6) is -2.82. The number of carbonyl (C=O) groups is 1. The number of hydrogen-bond acceptors (Lipinski definition) is 4. The molecule has 0 aliphatic heterocycles. The Kier molecular flexibility index (Phi) is 8.98. The van der Waals surface area contributed by atoms with E-state index in [4.69, 9.17) is 16.3 Å². The van der Waals surface area contributed by atoms with Gasteiger partial charge in [-0.3, -0.25) is 4.98 Å². The molecule has 0 amide bonds. The average Bonchev–Trinajstić information content (AvgIpc) is 2.90. The van der Waals surface area contributed by atoms with Crippen molar-refractivity contribution in [2.45, 2.75) is 77.3 Å². The topological polar surface area (TPSA) is 59.4 Å². The standard InChI is InChI=1S/C34H38ClF2NO3Si/c1-8-9-26(21-10-12-22(13-11-21)32(39)41-33(2,3)4)34(40,23-14-16-24(35)17-15-23)27-18-19-38-30-25(27)20-28(36)29(37)31(30)42(5,6)7/h10-20,26,40H,8-9H2,1-7H3/t26-,34?/m1/s1. The molecular formula is C34H38ClF2NO3Si. The van der Waals surface area contributed by atoms with Crippen LogP contribution >= 0.6 is 11.6 Å². The van der Waals surface area contributed by atoms with Crippen LogP contribution in [0.3, 0.4) is 0 Å². The number of ether oxygens (including phenoxy) is 1. The summed E-state index contributed by atoms with van der Waals surface area (Å²) < 4.78 is 36.1. The highest BCUT2D eigenvalue weighted by Crippen LogP contribution is 2.47. The molecule has 42 heavy (non-hydrogen) atoms. The summed E-state index contributed by atoms with van der Waals surface area (Å²) in [6.45, 7) is 13.3. The highest BCUT2D eigenvalue weighted by molar-refractivity contribution is 6.90. The normalized spacial score (nSPS) is 14.5. The number of fused-ring (bicyclic) bond motifs is 1. The summed E-state index contributed by atoms with van der Waals surface area (Å²) >= 11 is 6.24. The maximum Gasteiger partial charge on any atom is 0.338 e. The molecule has 2 atom stereocenters. The maximum atomic E-state index is 15.3. The third-order valence-electron chi connectivity index (χ3n) is 7.40. The molecule has 0 radical (unpaired) electrons. The maximum absolute atomic E-state index is 15.3. The lowest BCUT2D eigenvalue weighted by molar-refractivity contribution is 0.00694. The van der Waals surface area contributed by atoms with Gasteiger partial charge in [0.05, 0.1) is 19.2 Å². The van der Waals surface area contributed by atoms with E-state index in [1.807, 2.05) is 59.5 Å². The van der Waals surface area contributed by atoms with Crippen molar-refractivity contribution in [3.05, 3.63) is 106 Å². The number of pyridine rings is 1. The Bertz CT molecular complexity index is 1600. The van der Waals surface area contributed by atoms with E-state index in [1.165, 1.54) is 0 Å². The molecule has 1 unspecified atom stereocenters. The van der Waals surface area contributed by atoms with E-state index in [1.54, 1.807) is 48.7 Å². The Balaban J connectivity index is 2.00. The number of esters is 1. The molecule has 1 N–H and O–H groups in total. The Morgan fingerprint density at radius 3 is 2.19 bits per heavy atom. The van der Waals surface area contributed by atoms with E-state index in [2.05, 4.69) is 4.98 Å². The van der Waals surface area contributed by atoms with Crippen LogP contribution < -0.4 is 5.19 Å². The number of carbonyl (C=O) groups excluding carboxylic acids is 1. The molecule has 1 heterocycles. The van der Waals surface area contributed by atoms with Crippen LogP contribution in [0.2, 0.25) is 24.7 Å². The van der Waals surface area contributed by atoms with Crippen LogP contribution in [0.1, 0.15) is 73.5 Å². The van der Waals surface area contributed by atoms with Gasteiger partial charge in [0, 0.05) is 27.7 Å². The molecule has 0 bridgehead atoms. The molecule has 0 aliphatic carbocycles. The van der Waals surface area contributed by atoms with Crippen LogP contribution in [0.25, 0.3) is 10.9 Å². The second-order valence-electron chi connectivity index (χ2n) is 12.8. The number of hydrogen-bond donors (Lipinski definition) is 1. The molecule has 8 heteroatoms. The van der Waals surface area contributed by atoms with Gasteiger partial charge in [-0.2, -0.15) is 0 Å². The van der Waals surface area contributed by atoms with Crippen molar-refractivity contribution in [3.8, 4) is 0 Å². The summed E-state index contributed by atoms with van der Waals surface area (Å²) in [4.78, 5) is 17.2. The van der Waals surface area contributed by atoms with E-state index in [0.29, 0.717) is 39.0 Å². The van der Waals surface area contributed by atoms with Crippen LogP contribution in [0.15, 0.2) is 66.9 Å². The largest absolute Gasteiger partial charge is 0.456 e. The first-order valence-electron chi connectivity index (χ1n) is 14.2. The van der Waals surface area contributed by atoms with Crippen molar-refractivity contribution in [1.82, 2.24) is 4.98 Å². The van der Waals surface area contributed by atoms with Gasteiger partial charge in [-0.15, -0.1) is 0 Å². The molecule has 0 saturated heterocycles. The van der Waals surface area contributed by atoms with E-state index >= 15 is 8.78 Å². The average molecular weight is 610 g/mol. The highest BCUT2D eigenvalue weighted by atomic mass is 35.5. The first-order valence-corrected chi connectivity index (χ1v) is 18.0. The van der Waals surface area contributed by atoms with Crippen LogP contribution in [0, 0.1) is 11.6 Å². The Hall–Kier alpha value is -3.13. The molecule has 0 saturated carbocycles. The third-order valence-corrected chi connectivity index (χ3v) is 9.61. The van der Waals surface area contributed by atoms with Crippen molar-refractivity contribution in [1.29, 1.82) is 0 Å². The van der Waals surface area contributed by atoms with Crippen molar-refractivity contribution in [3.63, 3.8) is 0 Å². The minimum absolute atomic E-state index is 0.284. The summed E-state index contributed by atoms with van der Waals surface area (Å²) in [6.07, 6.45) is 2.83. The first-order chi connectivity index (χ1) is 19.6. The SMILES string of the molecule is CCC[C@H](c1ccc(C(=O)OC(C)(C)C)cc1)C(O)(c1ccc(Cl)cc1)c1ccnc2c([Si](C)(C)C)c(F)c(F)cc12. The van der Waals surface area contributed by atoms with Gasteiger partial charge in [-0.25, -0.2) is 13.6 Å². The van der Waals surface area contributed by atoms with Gasteiger partial charge in [-0.05, 0) is 80.3 Å². The Morgan fingerprint density at radius 2 is 1.64 bits per heavy atom. The predicted octanol–water partition coefficient (Wildman–Crippen LogP) is 8.49. The fraction of sp³-hybridized carbons (Fsp3) is 0.353. The minimum Gasteiger partial charge on any atom is -0.456 e. The molecule has 3 aromatic carbocycles. The number of aliphatic hydroxyl groups is 1. The molecular weight excluding hydrogens is 572 g/mol. The van der Waals surface area contributed by atoms with Crippen LogP contribution in [0.5, 0.6) is 0 Å². The second kappa shape index (κ2) is 11.9. The molecule has 4 nitrogen and oxygen atoms in total. The van der Waals surface area contributed by atoms with E-state index in [9.17, 15) is 9.90 Å². The quantitative estimate of drug-likeness (QED) is 0.161. The van der Waals surface area contributed by atoms with E-state index in [-0.39, 0.29) is 5.19 Å². The van der Waals surface area contributed by atoms with Crippen molar-refractivity contribution >= 4 is 41.7 Å².